The van der Waals surface area contributed by atoms with Crippen LogP contribution in [0, 0.1) is 11.3 Å². The number of ether oxygens (including phenoxy) is 1. The Morgan fingerprint density at radius 2 is 1.95 bits per heavy atom. The molecule has 2 unspecified atom stereocenters. The molecule has 108 valence electrons. The van der Waals surface area contributed by atoms with Gasteiger partial charge in [0.05, 0.1) is 6.61 Å². The molecule has 5 nitrogen and oxygen atoms in total. The molecule has 5 heteroatoms. The average molecular weight is 268 g/mol. The van der Waals surface area contributed by atoms with Crippen molar-refractivity contribution >= 4 is 11.8 Å². The highest BCUT2D eigenvalue weighted by Crippen LogP contribution is 2.38. The third kappa shape index (κ3) is 2.91. The van der Waals surface area contributed by atoms with Crippen molar-refractivity contribution in [1.29, 1.82) is 0 Å². The van der Waals surface area contributed by atoms with Gasteiger partial charge in [0.1, 0.15) is 12.1 Å². The van der Waals surface area contributed by atoms with Crippen molar-refractivity contribution in [2.75, 3.05) is 20.3 Å². The van der Waals surface area contributed by atoms with Gasteiger partial charge in [-0.3, -0.25) is 9.59 Å². The second kappa shape index (κ2) is 5.12. The molecule has 0 aromatic carbocycles. The molecular weight excluding hydrogens is 244 g/mol. The molecule has 2 atom stereocenters. The molecule has 1 N–H and O–H groups in total. The summed E-state index contributed by atoms with van der Waals surface area (Å²) in [5.74, 6) is 0.362. The molecule has 0 aromatic heterocycles. The van der Waals surface area contributed by atoms with Crippen LogP contribution >= 0.6 is 0 Å². The fourth-order valence-electron chi connectivity index (χ4n) is 2.64. The summed E-state index contributed by atoms with van der Waals surface area (Å²) in [5.41, 5.74) is -0.271. The van der Waals surface area contributed by atoms with Crippen LogP contribution in [0.15, 0.2) is 0 Å². The molecule has 0 spiro atoms. The van der Waals surface area contributed by atoms with E-state index >= 15 is 0 Å². The quantitative estimate of drug-likeness (QED) is 0.820. The molecule has 2 aliphatic rings. The molecular formula is C14H24N2O3. The summed E-state index contributed by atoms with van der Waals surface area (Å²) in [4.78, 5) is 26.7. The maximum absolute atomic E-state index is 12.6. The Kier molecular flexibility index (Phi) is 3.85. The van der Waals surface area contributed by atoms with E-state index < -0.39 is 6.04 Å². The minimum absolute atomic E-state index is 0.00173. The number of carbonyl (C=O) groups is 2. The van der Waals surface area contributed by atoms with Gasteiger partial charge in [-0.15, -0.1) is 0 Å². The predicted molar refractivity (Wildman–Crippen MR) is 71.5 cm³/mol. The van der Waals surface area contributed by atoms with Gasteiger partial charge in [-0.1, -0.05) is 20.8 Å². The first-order chi connectivity index (χ1) is 8.86. The highest BCUT2D eigenvalue weighted by atomic mass is 16.5. The fourth-order valence-corrected chi connectivity index (χ4v) is 2.64. The van der Waals surface area contributed by atoms with Crippen LogP contribution < -0.4 is 5.32 Å². The summed E-state index contributed by atoms with van der Waals surface area (Å²) in [7, 11) is 1.61. The zero-order valence-corrected chi connectivity index (χ0v) is 12.2. The van der Waals surface area contributed by atoms with Gasteiger partial charge in [-0.05, 0) is 24.2 Å². The highest BCUT2D eigenvalue weighted by molar-refractivity contribution is 5.97. The minimum Gasteiger partial charge on any atom is -0.383 e. The van der Waals surface area contributed by atoms with E-state index in [9.17, 15) is 9.59 Å². The summed E-state index contributed by atoms with van der Waals surface area (Å²) in [6, 6.07) is -0.729. The summed E-state index contributed by atoms with van der Waals surface area (Å²) in [6.07, 6.45) is 2.07. The van der Waals surface area contributed by atoms with Crippen molar-refractivity contribution in [3.63, 3.8) is 0 Å². The second-order valence-electron chi connectivity index (χ2n) is 6.61. The van der Waals surface area contributed by atoms with Gasteiger partial charge in [0.2, 0.25) is 11.8 Å². The number of amides is 2. The molecule has 1 heterocycles. The standard InChI is InChI=1S/C14H24N2O3/c1-14(2,3)11-13(18)16(7-8-19-4)10(9-5-6-9)12(17)15-11/h9-11H,5-8H2,1-4H3,(H,15,17). The molecule has 2 fully saturated rings. The Hall–Kier alpha value is -1.10. The normalized spacial score (nSPS) is 28.5. The average Bonchev–Trinajstić information content (AvgIpc) is 3.12. The summed E-state index contributed by atoms with van der Waals surface area (Å²) in [5, 5.41) is 2.91. The Morgan fingerprint density at radius 3 is 2.42 bits per heavy atom. The van der Waals surface area contributed by atoms with E-state index in [0.717, 1.165) is 12.8 Å². The Bertz CT molecular complexity index is 371. The SMILES string of the molecule is COCCN1C(=O)C(C(C)(C)C)NC(=O)C1C1CC1. The van der Waals surface area contributed by atoms with Crippen LogP contribution in [-0.4, -0.2) is 49.1 Å². The molecule has 0 aromatic rings. The van der Waals surface area contributed by atoms with Gasteiger partial charge in [0.25, 0.3) is 0 Å². The molecule has 1 saturated carbocycles. The Labute approximate surface area is 114 Å². The molecule has 1 saturated heterocycles. The highest BCUT2D eigenvalue weighted by Gasteiger charge is 2.50. The predicted octanol–water partition coefficient (Wildman–Crippen LogP) is 0.784. The zero-order valence-electron chi connectivity index (χ0n) is 12.2. The monoisotopic (exact) mass is 268 g/mol. The third-order valence-electron chi connectivity index (χ3n) is 3.89. The van der Waals surface area contributed by atoms with Crippen molar-refractivity contribution in [3.05, 3.63) is 0 Å². The van der Waals surface area contributed by atoms with Gasteiger partial charge in [0, 0.05) is 13.7 Å². The second-order valence-corrected chi connectivity index (χ2v) is 6.61. The number of hydrogen-bond donors (Lipinski definition) is 1. The topological polar surface area (TPSA) is 58.6 Å². The molecule has 0 bridgehead atoms. The number of hydrogen-bond acceptors (Lipinski definition) is 3. The zero-order chi connectivity index (χ0) is 14.2. The lowest BCUT2D eigenvalue weighted by Gasteiger charge is -2.43. The fraction of sp³-hybridized carbons (Fsp3) is 0.857. The number of methoxy groups -OCH3 is 1. The van der Waals surface area contributed by atoms with Crippen LogP contribution in [-0.2, 0) is 14.3 Å². The summed E-state index contributed by atoms with van der Waals surface area (Å²) < 4.78 is 5.07. The van der Waals surface area contributed by atoms with Crippen LogP contribution in [0.2, 0.25) is 0 Å². The van der Waals surface area contributed by atoms with Crippen LogP contribution in [0.25, 0.3) is 0 Å². The molecule has 1 aliphatic heterocycles. The van der Waals surface area contributed by atoms with E-state index in [4.69, 9.17) is 4.74 Å². The van der Waals surface area contributed by atoms with Gasteiger partial charge in [-0.25, -0.2) is 0 Å². The van der Waals surface area contributed by atoms with Gasteiger partial charge in [-0.2, -0.15) is 0 Å². The van der Waals surface area contributed by atoms with E-state index in [-0.39, 0.29) is 23.3 Å². The van der Waals surface area contributed by atoms with Crippen molar-refractivity contribution in [3.8, 4) is 0 Å². The van der Waals surface area contributed by atoms with E-state index in [0.29, 0.717) is 19.1 Å². The number of rotatable bonds is 4. The van der Waals surface area contributed by atoms with Crippen molar-refractivity contribution in [2.24, 2.45) is 11.3 Å². The largest absolute Gasteiger partial charge is 0.383 e. The number of piperazine rings is 1. The molecule has 2 amide bonds. The Morgan fingerprint density at radius 1 is 1.32 bits per heavy atom. The first kappa shape index (κ1) is 14.3. The lowest BCUT2D eigenvalue weighted by Crippen LogP contribution is -2.67. The van der Waals surface area contributed by atoms with Crippen LogP contribution in [0.4, 0.5) is 0 Å². The maximum Gasteiger partial charge on any atom is 0.246 e. The van der Waals surface area contributed by atoms with Gasteiger partial charge >= 0.3 is 0 Å². The number of carbonyl (C=O) groups excluding carboxylic acids is 2. The summed E-state index contributed by atoms with van der Waals surface area (Å²) in [6.45, 7) is 6.89. The van der Waals surface area contributed by atoms with Crippen LogP contribution in [0.3, 0.4) is 0 Å². The molecule has 2 rings (SSSR count). The molecule has 0 radical (unpaired) electrons. The van der Waals surface area contributed by atoms with E-state index in [1.165, 1.54) is 0 Å². The van der Waals surface area contributed by atoms with Crippen LogP contribution in [0.1, 0.15) is 33.6 Å². The number of nitrogens with zero attached hydrogens (tertiary/aromatic N) is 1. The van der Waals surface area contributed by atoms with Crippen molar-refractivity contribution in [2.45, 2.75) is 45.7 Å². The summed E-state index contributed by atoms with van der Waals surface area (Å²) >= 11 is 0. The van der Waals surface area contributed by atoms with Crippen molar-refractivity contribution < 1.29 is 14.3 Å². The van der Waals surface area contributed by atoms with Crippen molar-refractivity contribution in [1.82, 2.24) is 10.2 Å². The number of nitrogens with one attached hydrogen (secondary N) is 1. The first-order valence-corrected chi connectivity index (χ1v) is 6.96. The van der Waals surface area contributed by atoms with Gasteiger partial charge < -0.3 is 15.0 Å². The first-order valence-electron chi connectivity index (χ1n) is 6.96. The molecule has 19 heavy (non-hydrogen) atoms. The molecule has 1 aliphatic carbocycles. The van der Waals surface area contributed by atoms with Crippen LogP contribution in [0.5, 0.6) is 0 Å². The lowest BCUT2D eigenvalue weighted by atomic mass is 9.83. The van der Waals surface area contributed by atoms with Gasteiger partial charge in [0.15, 0.2) is 0 Å². The smallest absolute Gasteiger partial charge is 0.246 e. The maximum atomic E-state index is 12.6. The third-order valence-corrected chi connectivity index (χ3v) is 3.89. The van der Waals surface area contributed by atoms with E-state index in [1.807, 2.05) is 20.8 Å². The lowest BCUT2D eigenvalue weighted by molar-refractivity contribution is -0.154. The van der Waals surface area contributed by atoms with E-state index in [2.05, 4.69) is 5.32 Å². The Balaban J connectivity index is 2.20. The van der Waals surface area contributed by atoms with E-state index in [1.54, 1.807) is 12.0 Å². The minimum atomic E-state index is -0.438.